The summed E-state index contributed by atoms with van der Waals surface area (Å²) in [7, 11) is 0. The monoisotopic (exact) mass is 413 g/mol. The first-order valence-electron chi connectivity index (χ1n) is 8.72. The van der Waals surface area contributed by atoms with Crippen LogP contribution >= 0.6 is 23.2 Å². The average molecular weight is 414 g/mol. The lowest BCUT2D eigenvalue weighted by atomic mass is 9.87. The molecule has 3 aromatic rings. The van der Waals surface area contributed by atoms with Crippen LogP contribution in [0.1, 0.15) is 24.1 Å². The number of halogens is 2. The number of rotatable bonds is 3. The van der Waals surface area contributed by atoms with E-state index in [2.05, 4.69) is 20.4 Å². The molecule has 2 atom stereocenters. The molecule has 1 aliphatic heterocycles. The minimum atomic E-state index is -0.578. The number of amides is 1. The van der Waals surface area contributed by atoms with Gasteiger partial charge in [-0.3, -0.25) is 4.79 Å². The zero-order valence-electron chi connectivity index (χ0n) is 15.2. The molecule has 1 aromatic heterocycles. The van der Waals surface area contributed by atoms with Crippen LogP contribution in [0.2, 0.25) is 10.0 Å². The Hall–Kier alpha value is -2.70. The van der Waals surface area contributed by atoms with Crippen LogP contribution < -0.4 is 5.32 Å². The Morgan fingerprint density at radius 2 is 1.89 bits per heavy atom. The van der Waals surface area contributed by atoms with E-state index in [1.165, 1.54) is 6.33 Å². The third-order valence-electron chi connectivity index (χ3n) is 4.83. The number of hydrogen-bond acceptors (Lipinski definition) is 4. The van der Waals surface area contributed by atoms with Gasteiger partial charge in [0, 0.05) is 11.4 Å². The van der Waals surface area contributed by atoms with Crippen LogP contribution in [0.15, 0.2) is 53.8 Å². The number of fused-ring (bicyclic) bond motifs is 1. The van der Waals surface area contributed by atoms with Gasteiger partial charge in [-0.25, -0.2) is 9.67 Å². The molecule has 1 N–H and O–H groups in total. The standard InChI is InChI=1S/C20H17Cl2N5O/c1-11-5-3-4-6-16(11)26-19(28)17-12(2)25-20-23-10-24-27(20)18(17)13-7-8-14(21)15(22)9-13/h3-10,17-18H,1-2H3,(H,26,28). The summed E-state index contributed by atoms with van der Waals surface area (Å²) in [6.07, 6.45) is 1.43. The smallest absolute Gasteiger partial charge is 0.248 e. The van der Waals surface area contributed by atoms with E-state index in [0.29, 0.717) is 21.7 Å². The fourth-order valence-electron chi connectivity index (χ4n) is 3.40. The molecular formula is C20H17Cl2N5O. The fourth-order valence-corrected chi connectivity index (χ4v) is 3.71. The van der Waals surface area contributed by atoms with Gasteiger partial charge in [-0.2, -0.15) is 10.1 Å². The van der Waals surface area contributed by atoms with Crippen molar-refractivity contribution in [1.29, 1.82) is 0 Å². The number of hydrogen-bond donors (Lipinski definition) is 1. The minimum absolute atomic E-state index is 0.173. The normalized spacial score (nSPS) is 18.4. The van der Waals surface area contributed by atoms with Crippen LogP contribution in [-0.2, 0) is 4.79 Å². The molecule has 2 aromatic carbocycles. The lowest BCUT2D eigenvalue weighted by Crippen LogP contribution is -2.39. The number of carbonyl (C=O) groups is 1. The number of benzene rings is 2. The highest BCUT2D eigenvalue weighted by molar-refractivity contribution is 6.42. The molecule has 6 nitrogen and oxygen atoms in total. The first-order chi connectivity index (χ1) is 13.5. The van der Waals surface area contributed by atoms with Crippen LogP contribution in [0.4, 0.5) is 11.6 Å². The molecule has 4 rings (SSSR count). The highest BCUT2D eigenvalue weighted by atomic mass is 35.5. The molecule has 2 unspecified atom stereocenters. The molecule has 0 bridgehead atoms. The summed E-state index contributed by atoms with van der Waals surface area (Å²) >= 11 is 12.3. The van der Waals surface area contributed by atoms with Gasteiger partial charge in [-0.05, 0) is 43.2 Å². The second-order valence-corrected chi connectivity index (χ2v) is 7.47. The molecule has 0 saturated heterocycles. The van der Waals surface area contributed by atoms with Crippen molar-refractivity contribution in [3.8, 4) is 0 Å². The van der Waals surface area contributed by atoms with Gasteiger partial charge in [0.1, 0.15) is 12.2 Å². The van der Waals surface area contributed by atoms with E-state index in [-0.39, 0.29) is 5.91 Å². The number of anilines is 1. The largest absolute Gasteiger partial charge is 0.325 e. The molecule has 1 aliphatic rings. The zero-order chi connectivity index (χ0) is 19.8. The van der Waals surface area contributed by atoms with Crippen LogP contribution in [-0.4, -0.2) is 26.4 Å². The van der Waals surface area contributed by atoms with Gasteiger partial charge < -0.3 is 5.32 Å². The molecule has 8 heteroatoms. The number of aryl methyl sites for hydroxylation is 1. The summed E-state index contributed by atoms with van der Waals surface area (Å²) in [5, 5.41) is 8.19. The molecule has 0 saturated carbocycles. The van der Waals surface area contributed by atoms with Gasteiger partial charge >= 0.3 is 0 Å². The zero-order valence-corrected chi connectivity index (χ0v) is 16.7. The predicted octanol–water partition coefficient (Wildman–Crippen LogP) is 4.84. The van der Waals surface area contributed by atoms with E-state index in [1.54, 1.807) is 16.8 Å². The Bertz CT molecular complexity index is 1090. The van der Waals surface area contributed by atoms with Crippen molar-refractivity contribution in [3.05, 3.63) is 70.0 Å². The molecule has 0 fully saturated rings. The molecule has 1 amide bonds. The van der Waals surface area contributed by atoms with Crippen LogP contribution in [0, 0.1) is 12.8 Å². The van der Waals surface area contributed by atoms with Crippen molar-refractivity contribution in [2.45, 2.75) is 19.9 Å². The Morgan fingerprint density at radius 3 is 2.64 bits per heavy atom. The number of carbonyl (C=O) groups excluding carboxylic acids is 1. The molecule has 0 radical (unpaired) electrons. The molecule has 28 heavy (non-hydrogen) atoms. The van der Waals surface area contributed by atoms with E-state index in [0.717, 1.165) is 16.8 Å². The maximum Gasteiger partial charge on any atom is 0.248 e. The SMILES string of the molecule is CC1=Nc2ncnn2C(c2ccc(Cl)c(Cl)c2)C1C(=O)Nc1ccccc1C. The maximum atomic E-state index is 13.3. The van der Waals surface area contributed by atoms with Crippen molar-refractivity contribution in [2.24, 2.45) is 10.9 Å². The van der Waals surface area contributed by atoms with Crippen molar-refractivity contribution < 1.29 is 4.79 Å². The summed E-state index contributed by atoms with van der Waals surface area (Å²) in [6.45, 7) is 3.77. The quantitative estimate of drug-likeness (QED) is 0.667. The lowest BCUT2D eigenvalue weighted by molar-refractivity contribution is -0.118. The Balaban J connectivity index is 1.78. The summed E-state index contributed by atoms with van der Waals surface area (Å²) in [5.74, 6) is -0.299. The number of aromatic nitrogens is 3. The van der Waals surface area contributed by atoms with E-state index in [4.69, 9.17) is 23.2 Å². The van der Waals surface area contributed by atoms with E-state index in [9.17, 15) is 4.79 Å². The van der Waals surface area contributed by atoms with Crippen LogP contribution in [0.25, 0.3) is 0 Å². The lowest BCUT2D eigenvalue weighted by Gasteiger charge is -2.30. The van der Waals surface area contributed by atoms with E-state index >= 15 is 0 Å². The number of nitrogens with one attached hydrogen (secondary N) is 1. The first-order valence-corrected chi connectivity index (χ1v) is 9.47. The Morgan fingerprint density at radius 1 is 1.11 bits per heavy atom. The summed E-state index contributed by atoms with van der Waals surface area (Å²) < 4.78 is 1.65. The van der Waals surface area contributed by atoms with Crippen molar-refractivity contribution in [2.75, 3.05) is 5.32 Å². The molecular weight excluding hydrogens is 397 g/mol. The summed E-state index contributed by atoms with van der Waals surface area (Å²) in [5.41, 5.74) is 3.20. The Kier molecular flexibility index (Phi) is 4.91. The van der Waals surface area contributed by atoms with Gasteiger partial charge in [-0.1, -0.05) is 47.5 Å². The number of nitrogens with zero attached hydrogens (tertiary/aromatic N) is 4. The van der Waals surface area contributed by atoms with Crippen LogP contribution in [0.3, 0.4) is 0 Å². The molecule has 142 valence electrons. The van der Waals surface area contributed by atoms with Gasteiger partial charge in [0.15, 0.2) is 0 Å². The number of aliphatic imine (C=N–C) groups is 1. The van der Waals surface area contributed by atoms with Gasteiger partial charge in [0.2, 0.25) is 11.9 Å². The van der Waals surface area contributed by atoms with E-state index in [1.807, 2.05) is 44.2 Å². The second kappa shape index (κ2) is 7.37. The number of para-hydroxylation sites is 1. The van der Waals surface area contributed by atoms with Crippen molar-refractivity contribution >= 4 is 46.5 Å². The summed E-state index contributed by atoms with van der Waals surface area (Å²) in [4.78, 5) is 21.9. The van der Waals surface area contributed by atoms with Gasteiger partial charge in [0.25, 0.3) is 0 Å². The van der Waals surface area contributed by atoms with Gasteiger partial charge in [0.05, 0.1) is 16.1 Å². The van der Waals surface area contributed by atoms with Crippen molar-refractivity contribution in [1.82, 2.24) is 14.8 Å². The highest BCUT2D eigenvalue weighted by Gasteiger charge is 2.39. The minimum Gasteiger partial charge on any atom is -0.325 e. The molecule has 0 aliphatic carbocycles. The maximum absolute atomic E-state index is 13.3. The van der Waals surface area contributed by atoms with Crippen LogP contribution in [0.5, 0.6) is 0 Å². The topological polar surface area (TPSA) is 72.2 Å². The van der Waals surface area contributed by atoms with E-state index < -0.39 is 12.0 Å². The molecule has 2 heterocycles. The van der Waals surface area contributed by atoms with Crippen molar-refractivity contribution in [3.63, 3.8) is 0 Å². The Labute approximate surface area is 172 Å². The predicted molar refractivity (Wildman–Crippen MR) is 111 cm³/mol. The first kappa shape index (κ1) is 18.7. The second-order valence-electron chi connectivity index (χ2n) is 6.66. The van der Waals surface area contributed by atoms with Gasteiger partial charge in [-0.15, -0.1) is 0 Å². The fraction of sp³-hybridized carbons (Fsp3) is 0.200. The average Bonchev–Trinajstić information content (AvgIpc) is 3.12. The molecule has 0 spiro atoms. The third-order valence-corrected chi connectivity index (χ3v) is 5.57. The third kappa shape index (κ3) is 3.30. The highest BCUT2D eigenvalue weighted by Crippen LogP contribution is 2.37. The summed E-state index contributed by atoms with van der Waals surface area (Å²) in [6, 6.07) is 12.5.